The molecule has 0 unspecified atom stereocenters. The Morgan fingerprint density at radius 3 is 2.26 bits per heavy atom. The number of ether oxygens (including phenoxy) is 3. The number of thioether (sulfide) groups is 1. The van der Waals surface area contributed by atoms with Crippen LogP contribution in [0.2, 0.25) is 0 Å². The molecule has 0 radical (unpaired) electrons. The zero-order valence-corrected chi connectivity index (χ0v) is 20.9. The lowest BCUT2D eigenvalue weighted by Crippen LogP contribution is -2.28. The summed E-state index contributed by atoms with van der Waals surface area (Å²) in [7, 11) is 1.61. The number of rotatable bonds is 8. The van der Waals surface area contributed by atoms with Crippen LogP contribution in [0.4, 0.5) is 5.69 Å². The number of hydrogen-bond acceptors (Lipinski definition) is 6. The second kappa shape index (κ2) is 10.8. The highest BCUT2D eigenvalue weighted by Crippen LogP contribution is 2.38. The Hall–Kier alpha value is -3.29. The first-order chi connectivity index (χ1) is 16.5. The van der Waals surface area contributed by atoms with Crippen molar-refractivity contribution in [3.8, 4) is 17.2 Å². The van der Waals surface area contributed by atoms with Crippen molar-refractivity contribution >= 4 is 46.0 Å². The zero-order valence-electron chi connectivity index (χ0n) is 19.2. The number of benzene rings is 3. The van der Waals surface area contributed by atoms with Crippen LogP contribution in [0.5, 0.6) is 17.2 Å². The van der Waals surface area contributed by atoms with Gasteiger partial charge in [-0.2, -0.15) is 0 Å². The largest absolute Gasteiger partial charge is 0.493 e. The summed E-state index contributed by atoms with van der Waals surface area (Å²) in [5, 5.41) is 0. The van der Waals surface area contributed by atoms with E-state index in [4.69, 9.17) is 26.4 Å². The maximum Gasteiger partial charge on any atom is 0.270 e. The average Bonchev–Trinajstić information content (AvgIpc) is 3.10. The Bertz CT molecular complexity index is 1250. The van der Waals surface area contributed by atoms with Gasteiger partial charge >= 0.3 is 0 Å². The van der Waals surface area contributed by atoms with E-state index >= 15 is 0 Å². The van der Waals surface area contributed by atoms with Gasteiger partial charge < -0.3 is 14.2 Å². The number of methoxy groups -OCH3 is 1. The molecule has 7 heteroatoms. The molecule has 1 aliphatic heterocycles. The molecule has 5 nitrogen and oxygen atoms in total. The fourth-order valence-electron chi connectivity index (χ4n) is 3.65. The maximum atomic E-state index is 13.2. The van der Waals surface area contributed by atoms with Crippen molar-refractivity contribution < 1.29 is 19.0 Å². The summed E-state index contributed by atoms with van der Waals surface area (Å²) in [5.41, 5.74) is 3.77. The van der Waals surface area contributed by atoms with Crippen molar-refractivity contribution in [2.24, 2.45) is 0 Å². The molecule has 1 heterocycles. The van der Waals surface area contributed by atoms with Crippen LogP contribution in [-0.2, 0) is 4.79 Å². The highest BCUT2D eigenvalue weighted by molar-refractivity contribution is 8.27. The molecule has 3 aromatic rings. The third-order valence-corrected chi connectivity index (χ3v) is 6.56. The van der Waals surface area contributed by atoms with E-state index in [9.17, 15) is 4.79 Å². The minimum Gasteiger partial charge on any atom is -0.493 e. The van der Waals surface area contributed by atoms with Gasteiger partial charge in [0.25, 0.3) is 5.91 Å². The molecule has 0 N–H and O–H groups in total. The predicted molar refractivity (Wildman–Crippen MR) is 142 cm³/mol. The van der Waals surface area contributed by atoms with Gasteiger partial charge in [-0.05, 0) is 49.8 Å². The van der Waals surface area contributed by atoms with E-state index in [1.807, 2.05) is 86.7 Å². The van der Waals surface area contributed by atoms with E-state index in [0.29, 0.717) is 39.7 Å². The van der Waals surface area contributed by atoms with E-state index in [-0.39, 0.29) is 5.91 Å². The third kappa shape index (κ3) is 5.26. The van der Waals surface area contributed by atoms with Crippen LogP contribution in [0.3, 0.4) is 0 Å². The molecule has 3 aromatic carbocycles. The molecule has 4 rings (SSSR count). The lowest BCUT2D eigenvalue weighted by atomic mass is 10.1. The van der Waals surface area contributed by atoms with Gasteiger partial charge in [-0.15, -0.1) is 0 Å². The zero-order chi connectivity index (χ0) is 24.1. The van der Waals surface area contributed by atoms with Gasteiger partial charge in [-0.1, -0.05) is 72.0 Å². The molecule has 1 amide bonds. The number of anilines is 1. The van der Waals surface area contributed by atoms with Crippen LogP contribution in [-0.4, -0.2) is 30.6 Å². The van der Waals surface area contributed by atoms with Crippen molar-refractivity contribution in [2.45, 2.75) is 13.8 Å². The molecule has 34 heavy (non-hydrogen) atoms. The van der Waals surface area contributed by atoms with Gasteiger partial charge in [0, 0.05) is 5.56 Å². The topological polar surface area (TPSA) is 48.0 Å². The molecule has 0 saturated carbocycles. The Morgan fingerprint density at radius 2 is 1.56 bits per heavy atom. The molecular formula is C27H25NO4S2. The van der Waals surface area contributed by atoms with Crippen LogP contribution < -0.4 is 19.1 Å². The van der Waals surface area contributed by atoms with Gasteiger partial charge in [0.2, 0.25) is 0 Å². The first-order valence-corrected chi connectivity index (χ1v) is 12.0. The minimum atomic E-state index is -0.128. The van der Waals surface area contributed by atoms with Crippen molar-refractivity contribution in [3.05, 3.63) is 88.3 Å². The Labute approximate surface area is 209 Å². The van der Waals surface area contributed by atoms with Gasteiger partial charge in [0.1, 0.15) is 19.0 Å². The second-order valence-corrected chi connectivity index (χ2v) is 9.37. The van der Waals surface area contributed by atoms with Crippen LogP contribution >= 0.6 is 24.0 Å². The third-order valence-electron chi connectivity index (χ3n) is 5.26. The fourth-order valence-corrected chi connectivity index (χ4v) is 4.92. The first-order valence-electron chi connectivity index (χ1n) is 10.8. The summed E-state index contributed by atoms with van der Waals surface area (Å²) in [5.74, 6) is 1.88. The number of para-hydroxylation sites is 3. The maximum absolute atomic E-state index is 13.2. The Balaban J connectivity index is 1.46. The number of carbonyl (C=O) groups excluding carboxylic acids is 1. The van der Waals surface area contributed by atoms with Gasteiger partial charge in [-0.25, -0.2) is 0 Å². The Kier molecular flexibility index (Phi) is 7.55. The highest BCUT2D eigenvalue weighted by atomic mass is 32.2. The number of carbonyl (C=O) groups is 1. The molecule has 0 atom stereocenters. The number of thiocarbonyl (C=S) groups is 1. The lowest BCUT2D eigenvalue weighted by Gasteiger charge is -2.17. The number of amides is 1. The SMILES string of the molecule is COc1ccccc1OCCOc1ccccc1/C=C1\SC(=S)N(c2ccc(C)cc2C)C1=O. The monoisotopic (exact) mass is 491 g/mol. The normalized spacial score (nSPS) is 14.6. The Morgan fingerprint density at radius 1 is 0.912 bits per heavy atom. The van der Waals surface area contributed by atoms with Crippen LogP contribution in [0.15, 0.2) is 71.6 Å². The molecule has 1 fully saturated rings. The smallest absolute Gasteiger partial charge is 0.270 e. The quantitative estimate of drug-likeness (QED) is 0.213. The summed E-state index contributed by atoms with van der Waals surface area (Å²) < 4.78 is 17.6. The number of nitrogens with zero attached hydrogens (tertiary/aromatic N) is 1. The van der Waals surface area contributed by atoms with Crippen LogP contribution in [0.25, 0.3) is 6.08 Å². The molecule has 0 aliphatic carbocycles. The van der Waals surface area contributed by atoms with E-state index in [1.165, 1.54) is 11.8 Å². The molecular weight excluding hydrogens is 466 g/mol. The molecule has 0 bridgehead atoms. The number of hydrogen-bond donors (Lipinski definition) is 0. The van der Waals surface area contributed by atoms with Gasteiger partial charge in [0.15, 0.2) is 15.8 Å². The van der Waals surface area contributed by atoms with Gasteiger partial charge in [0.05, 0.1) is 17.7 Å². The minimum absolute atomic E-state index is 0.128. The van der Waals surface area contributed by atoms with Crippen molar-refractivity contribution in [3.63, 3.8) is 0 Å². The molecule has 1 aliphatic rings. The summed E-state index contributed by atoms with van der Waals surface area (Å²) >= 11 is 6.84. The van der Waals surface area contributed by atoms with Crippen LogP contribution in [0.1, 0.15) is 16.7 Å². The lowest BCUT2D eigenvalue weighted by molar-refractivity contribution is -0.113. The van der Waals surface area contributed by atoms with Gasteiger partial charge in [-0.3, -0.25) is 9.69 Å². The average molecular weight is 492 g/mol. The highest BCUT2D eigenvalue weighted by Gasteiger charge is 2.34. The van der Waals surface area contributed by atoms with Crippen molar-refractivity contribution in [1.29, 1.82) is 0 Å². The van der Waals surface area contributed by atoms with Crippen molar-refractivity contribution in [2.75, 3.05) is 25.2 Å². The molecule has 1 saturated heterocycles. The fraction of sp³-hybridized carbons (Fsp3) is 0.185. The summed E-state index contributed by atoms with van der Waals surface area (Å²) in [4.78, 5) is 15.4. The van der Waals surface area contributed by atoms with E-state index in [2.05, 4.69) is 0 Å². The standard InChI is InChI=1S/C27H25NO4S2/c1-18-12-13-21(19(2)16-18)28-26(29)25(34-27(28)33)17-20-8-4-5-9-22(20)31-14-15-32-24-11-7-6-10-23(24)30-3/h4-13,16-17H,14-15H2,1-3H3/b25-17-. The first kappa shape index (κ1) is 23.9. The summed E-state index contributed by atoms with van der Waals surface area (Å²) in [6.45, 7) is 4.70. The van der Waals surface area contributed by atoms with Crippen molar-refractivity contribution in [1.82, 2.24) is 0 Å². The molecule has 174 valence electrons. The predicted octanol–water partition coefficient (Wildman–Crippen LogP) is 6.18. The summed E-state index contributed by atoms with van der Waals surface area (Å²) in [6, 6.07) is 21.1. The van der Waals surface area contributed by atoms with E-state index < -0.39 is 0 Å². The van der Waals surface area contributed by atoms with E-state index in [0.717, 1.165) is 22.4 Å². The molecule has 0 aromatic heterocycles. The summed E-state index contributed by atoms with van der Waals surface area (Å²) in [6.07, 6.45) is 1.83. The number of aryl methyl sites for hydroxylation is 2. The second-order valence-electron chi connectivity index (χ2n) is 7.69. The van der Waals surface area contributed by atoms with Crippen LogP contribution in [0, 0.1) is 13.8 Å². The van der Waals surface area contributed by atoms with E-state index in [1.54, 1.807) is 12.0 Å². The molecule has 0 spiro atoms.